The predicted molar refractivity (Wildman–Crippen MR) is 61.8 cm³/mol. The SMILES string of the molecule is C=C(C)CNCc1ccc(C2CC2C)o1. The quantitative estimate of drug-likeness (QED) is 0.747. The molecule has 0 bridgehead atoms. The maximum absolute atomic E-state index is 5.77. The summed E-state index contributed by atoms with van der Waals surface area (Å²) in [4.78, 5) is 0. The Morgan fingerprint density at radius 1 is 1.60 bits per heavy atom. The first-order valence-corrected chi connectivity index (χ1v) is 5.60. The highest BCUT2D eigenvalue weighted by atomic mass is 16.3. The molecule has 1 aliphatic rings. The molecule has 1 saturated carbocycles. The third kappa shape index (κ3) is 2.72. The summed E-state index contributed by atoms with van der Waals surface area (Å²) in [7, 11) is 0. The van der Waals surface area contributed by atoms with Gasteiger partial charge in [-0.15, -0.1) is 0 Å². The molecule has 1 aromatic rings. The van der Waals surface area contributed by atoms with Crippen molar-refractivity contribution in [2.45, 2.75) is 32.7 Å². The van der Waals surface area contributed by atoms with E-state index >= 15 is 0 Å². The number of rotatable bonds is 5. The Bertz CT molecular complexity index is 353. The lowest BCUT2D eigenvalue weighted by molar-refractivity contribution is 0.448. The first-order valence-electron chi connectivity index (χ1n) is 5.60. The van der Waals surface area contributed by atoms with Crippen molar-refractivity contribution in [2.75, 3.05) is 6.54 Å². The minimum Gasteiger partial charge on any atom is -0.464 e. The summed E-state index contributed by atoms with van der Waals surface area (Å²) >= 11 is 0. The molecular formula is C13H19NO. The fraction of sp³-hybridized carbons (Fsp3) is 0.538. The van der Waals surface area contributed by atoms with Crippen LogP contribution in [0.4, 0.5) is 0 Å². The molecule has 1 heterocycles. The van der Waals surface area contributed by atoms with Gasteiger partial charge in [-0.25, -0.2) is 0 Å². The zero-order valence-electron chi connectivity index (χ0n) is 9.55. The molecule has 1 aromatic heterocycles. The van der Waals surface area contributed by atoms with Crippen LogP contribution in [-0.4, -0.2) is 6.54 Å². The summed E-state index contributed by atoms with van der Waals surface area (Å²) in [5.74, 6) is 3.69. The van der Waals surface area contributed by atoms with Gasteiger partial charge in [0.1, 0.15) is 11.5 Å². The van der Waals surface area contributed by atoms with Crippen LogP contribution in [0.5, 0.6) is 0 Å². The third-order valence-electron chi connectivity index (χ3n) is 2.88. The average Bonchev–Trinajstić information content (AvgIpc) is 2.73. The van der Waals surface area contributed by atoms with Crippen LogP contribution in [0.25, 0.3) is 0 Å². The van der Waals surface area contributed by atoms with Crippen molar-refractivity contribution in [1.82, 2.24) is 5.32 Å². The van der Waals surface area contributed by atoms with Crippen molar-refractivity contribution in [2.24, 2.45) is 5.92 Å². The van der Waals surface area contributed by atoms with Gasteiger partial charge in [-0.1, -0.05) is 19.1 Å². The fourth-order valence-corrected chi connectivity index (χ4v) is 1.81. The number of furan rings is 1. The zero-order chi connectivity index (χ0) is 10.8. The van der Waals surface area contributed by atoms with Gasteiger partial charge in [0.25, 0.3) is 0 Å². The monoisotopic (exact) mass is 205 g/mol. The second-order valence-electron chi connectivity index (χ2n) is 4.68. The van der Waals surface area contributed by atoms with E-state index in [4.69, 9.17) is 4.42 Å². The standard InChI is InChI=1S/C13H19NO/c1-9(2)7-14-8-11-4-5-13(15-11)12-6-10(12)3/h4-5,10,12,14H,1,6-8H2,2-3H3. The molecule has 2 unspecified atom stereocenters. The topological polar surface area (TPSA) is 25.2 Å². The van der Waals surface area contributed by atoms with Crippen molar-refractivity contribution in [1.29, 1.82) is 0 Å². The molecule has 2 atom stereocenters. The zero-order valence-corrected chi connectivity index (χ0v) is 9.55. The van der Waals surface area contributed by atoms with E-state index in [0.717, 1.165) is 36.1 Å². The van der Waals surface area contributed by atoms with Crippen molar-refractivity contribution in [3.63, 3.8) is 0 Å². The molecule has 1 fully saturated rings. The molecule has 0 spiro atoms. The Hall–Kier alpha value is -1.02. The summed E-state index contributed by atoms with van der Waals surface area (Å²) in [6.07, 6.45) is 1.28. The molecule has 0 radical (unpaired) electrons. The lowest BCUT2D eigenvalue weighted by Gasteiger charge is -2.01. The minimum absolute atomic E-state index is 0.680. The second kappa shape index (κ2) is 4.23. The van der Waals surface area contributed by atoms with E-state index in [9.17, 15) is 0 Å². The van der Waals surface area contributed by atoms with E-state index in [1.54, 1.807) is 0 Å². The van der Waals surface area contributed by atoms with Crippen LogP contribution in [0.1, 0.15) is 37.7 Å². The number of nitrogens with one attached hydrogen (secondary N) is 1. The Morgan fingerprint density at radius 2 is 2.33 bits per heavy atom. The van der Waals surface area contributed by atoms with E-state index in [1.807, 2.05) is 6.92 Å². The van der Waals surface area contributed by atoms with E-state index in [-0.39, 0.29) is 0 Å². The lowest BCUT2D eigenvalue weighted by Crippen LogP contribution is -2.14. The van der Waals surface area contributed by atoms with Crippen LogP contribution < -0.4 is 5.32 Å². The van der Waals surface area contributed by atoms with Crippen molar-refractivity contribution < 1.29 is 4.42 Å². The predicted octanol–water partition coefficient (Wildman–Crippen LogP) is 3.07. The Labute approximate surface area is 91.4 Å². The number of hydrogen-bond donors (Lipinski definition) is 1. The summed E-state index contributed by atoms with van der Waals surface area (Å²) in [6, 6.07) is 4.19. The molecular weight excluding hydrogens is 186 g/mol. The maximum Gasteiger partial charge on any atom is 0.117 e. The molecule has 0 amide bonds. The first-order chi connectivity index (χ1) is 7.16. The second-order valence-corrected chi connectivity index (χ2v) is 4.68. The van der Waals surface area contributed by atoms with Crippen LogP contribution in [0.3, 0.4) is 0 Å². The molecule has 1 aliphatic carbocycles. The highest BCUT2D eigenvalue weighted by Gasteiger charge is 2.36. The summed E-state index contributed by atoms with van der Waals surface area (Å²) in [6.45, 7) is 9.79. The van der Waals surface area contributed by atoms with E-state index in [1.165, 1.54) is 6.42 Å². The molecule has 2 rings (SSSR count). The van der Waals surface area contributed by atoms with Crippen molar-refractivity contribution >= 4 is 0 Å². The smallest absolute Gasteiger partial charge is 0.117 e. The Kier molecular flexibility index (Phi) is 2.96. The molecule has 2 nitrogen and oxygen atoms in total. The van der Waals surface area contributed by atoms with Gasteiger partial charge in [-0.05, 0) is 31.4 Å². The summed E-state index contributed by atoms with van der Waals surface area (Å²) in [5.41, 5.74) is 1.15. The Balaban J connectivity index is 1.82. The van der Waals surface area contributed by atoms with Gasteiger partial charge >= 0.3 is 0 Å². The first kappa shape index (κ1) is 10.5. The molecule has 1 N–H and O–H groups in total. The van der Waals surface area contributed by atoms with E-state index < -0.39 is 0 Å². The van der Waals surface area contributed by atoms with Crippen molar-refractivity contribution in [3.8, 4) is 0 Å². The van der Waals surface area contributed by atoms with Crippen LogP contribution in [0.2, 0.25) is 0 Å². The van der Waals surface area contributed by atoms with Gasteiger partial charge in [-0.2, -0.15) is 0 Å². The van der Waals surface area contributed by atoms with Gasteiger partial charge in [0.2, 0.25) is 0 Å². The van der Waals surface area contributed by atoms with E-state index in [2.05, 4.69) is 31.0 Å². The minimum atomic E-state index is 0.680. The molecule has 0 aliphatic heterocycles. The average molecular weight is 205 g/mol. The largest absolute Gasteiger partial charge is 0.464 e. The van der Waals surface area contributed by atoms with Crippen LogP contribution >= 0.6 is 0 Å². The maximum atomic E-state index is 5.77. The van der Waals surface area contributed by atoms with Crippen LogP contribution in [0.15, 0.2) is 28.7 Å². The molecule has 0 saturated heterocycles. The van der Waals surface area contributed by atoms with E-state index in [0.29, 0.717) is 5.92 Å². The molecule has 0 aromatic carbocycles. The van der Waals surface area contributed by atoms with Crippen LogP contribution in [-0.2, 0) is 6.54 Å². The lowest BCUT2D eigenvalue weighted by atomic mass is 10.3. The summed E-state index contributed by atoms with van der Waals surface area (Å²) in [5, 5.41) is 3.29. The van der Waals surface area contributed by atoms with Crippen molar-refractivity contribution in [3.05, 3.63) is 35.8 Å². The highest BCUT2D eigenvalue weighted by molar-refractivity contribution is 5.17. The normalized spacial score (nSPS) is 24.1. The van der Waals surface area contributed by atoms with Gasteiger partial charge in [-0.3, -0.25) is 0 Å². The van der Waals surface area contributed by atoms with Gasteiger partial charge < -0.3 is 9.73 Å². The van der Waals surface area contributed by atoms with Gasteiger partial charge in [0.05, 0.1) is 6.54 Å². The third-order valence-corrected chi connectivity index (χ3v) is 2.88. The van der Waals surface area contributed by atoms with Gasteiger partial charge in [0.15, 0.2) is 0 Å². The number of hydrogen-bond acceptors (Lipinski definition) is 2. The fourth-order valence-electron chi connectivity index (χ4n) is 1.81. The molecule has 82 valence electrons. The molecule has 2 heteroatoms. The molecule has 15 heavy (non-hydrogen) atoms. The summed E-state index contributed by atoms with van der Waals surface area (Å²) < 4.78 is 5.77. The Morgan fingerprint density at radius 3 is 2.93 bits per heavy atom. The van der Waals surface area contributed by atoms with Gasteiger partial charge in [0, 0.05) is 12.5 Å². The van der Waals surface area contributed by atoms with Crippen LogP contribution in [0, 0.1) is 5.92 Å². The highest BCUT2D eigenvalue weighted by Crippen LogP contribution is 2.47.